The summed E-state index contributed by atoms with van der Waals surface area (Å²) in [6.45, 7) is 4.05. The van der Waals surface area contributed by atoms with Gasteiger partial charge >= 0.3 is 0 Å². The molecule has 2 atom stereocenters. The molecule has 1 rings (SSSR count). The second-order valence-corrected chi connectivity index (χ2v) is 5.67. The number of likely N-dealkylation sites (N-methyl/N-ethyl adjacent to an activating group) is 1. The molecular formula is C14H23N3OS. The number of nitrogens with zero attached hydrogens (tertiary/aromatic N) is 1. The maximum atomic E-state index is 12.2. The van der Waals surface area contributed by atoms with Crippen LogP contribution < -0.4 is 11.1 Å². The van der Waals surface area contributed by atoms with E-state index in [-0.39, 0.29) is 11.9 Å². The highest BCUT2D eigenvalue weighted by Gasteiger charge is 2.21. The molecule has 1 aromatic carbocycles. The summed E-state index contributed by atoms with van der Waals surface area (Å²) in [5.41, 5.74) is 7.08. The molecule has 4 nitrogen and oxygen atoms in total. The first-order chi connectivity index (χ1) is 8.95. The van der Waals surface area contributed by atoms with Crippen molar-refractivity contribution in [2.24, 2.45) is 0 Å². The second kappa shape index (κ2) is 7.40. The SMILES string of the molecule is CSCC(C)N(C)C(C)C(=O)Nc1ccc(N)cc1. The van der Waals surface area contributed by atoms with Crippen molar-refractivity contribution in [2.45, 2.75) is 25.9 Å². The molecule has 0 aromatic heterocycles. The van der Waals surface area contributed by atoms with E-state index < -0.39 is 0 Å². The van der Waals surface area contributed by atoms with Gasteiger partial charge in [-0.05, 0) is 51.4 Å². The third-order valence-electron chi connectivity index (χ3n) is 3.27. The summed E-state index contributed by atoms with van der Waals surface area (Å²) in [6, 6.07) is 7.37. The molecular weight excluding hydrogens is 258 g/mol. The quantitative estimate of drug-likeness (QED) is 0.785. The third-order valence-corrected chi connectivity index (χ3v) is 4.09. The van der Waals surface area contributed by atoms with Gasteiger partial charge in [-0.3, -0.25) is 9.69 Å². The maximum absolute atomic E-state index is 12.2. The van der Waals surface area contributed by atoms with Crippen molar-refractivity contribution in [3.05, 3.63) is 24.3 Å². The molecule has 5 heteroatoms. The van der Waals surface area contributed by atoms with Crippen molar-refractivity contribution in [3.63, 3.8) is 0 Å². The number of rotatable bonds is 6. The molecule has 0 saturated heterocycles. The van der Waals surface area contributed by atoms with Crippen molar-refractivity contribution in [2.75, 3.05) is 30.1 Å². The molecule has 0 saturated carbocycles. The van der Waals surface area contributed by atoms with E-state index in [2.05, 4.69) is 23.4 Å². The molecule has 0 radical (unpaired) electrons. The number of benzene rings is 1. The highest BCUT2D eigenvalue weighted by molar-refractivity contribution is 7.98. The van der Waals surface area contributed by atoms with Crippen LogP contribution in [0.3, 0.4) is 0 Å². The number of thioether (sulfide) groups is 1. The number of carbonyl (C=O) groups is 1. The zero-order chi connectivity index (χ0) is 14.4. The minimum atomic E-state index is -0.167. The fourth-order valence-electron chi connectivity index (χ4n) is 1.74. The minimum absolute atomic E-state index is 0.000208. The van der Waals surface area contributed by atoms with Gasteiger partial charge in [-0.1, -0.05) is 0 Å². The van der Waals surface area contributed by atoms with Crippen LogP contribution in [0, 0.1) is 0 Å². The number of hydrogen-bond donors (Lipinski definition) is 2. The van der Waals surface area contributed by atoms with E-state index in [4.69, 9.17) is 5.73 Å². The molecule has 2 unspecified atom stereocenters. The number of carbonyl (C=O) groups excluding carboxylic acids is 1. The summed E-state index contributed by atoms with van der Waals surface area (Å²) in [4.78, 5) is 14.2. The third kappa shape index (κ3) is 4.76. The van der Waals surface area contributed by atoms with E-state index >= 15 is 0 Å². The zero-order valence-corrected chi connectivity index (χ0v) is 12.8. The Kier molecular flexibility index (Phi) is 6.18. The lowest BCUT2D eigenvalue weighted by molar-refractivity contribution is -0.120. The number of nitrogens with two attached hydrogens (primary N) is 1. The number of nitrogen functional groups attached to an aromatic ring is 1. The summed E-state index contributed by atoms with van der Waals surface area (Å²) >= 11 is 1.79. The Hall–Kier alpha value is -1.20. The fourth-order valence-corrected chi connectivity index (χ4v) is 2.46. The highest BCUT2D eigenvalue weighted by atomic mass is 32.2. The molecule has 3 N–H and O–H groups in total. The molecule has 0 aliphatic rings. The van der Waals surface area contributed by atoms with E-state index in [0.717, 1.165) is 11.4 Å². The molecule has 0 aliphatic carbocycles. The number of anilines is 2. The van der Waals surface area contributed by atoms with Gasteiger partial charge in [0.05, 0.1) is 6.04 Å². The van der Waals surface area contributed by atoms with Crippen LogP contribution in [-0.2, 0) is 4.79 Å². The van der Waals surface area contributed by atoms with Crippen LogP contribution in [0.15, 0.2) is 24.3 Å². The van der Waals surface area contributed by atoms with Crippen LogP contribution >= 0.6 is 11.8 Å². The minimum Gasteiger partial charge on any atom is -0.399 e. The summed E-state index contributed by atoms with van der Waals surface area (Å²) in [7, 11) is 1.98. The van der Waals surface area contributed by atoms with Crippen molar-refractivity contribution in [1.29, 1.82) is 0 Å². The normalized spacial score (nSPS) is 14.2. The maximum Gasteiger partial charge on any atom is 0.241 e. The standard InChI is InChI=1S/C14H23N3OS/c1-10(9-19-4)17(3)11(2)14(18)16-13-7-5-12(15)6-8-13/h5-8,10-11H,9,15H2,1-4H3,(H,16,18). The lowest BCUT2D eigenvalue weighted by Crippen LogP contribution is -2.45. The van der Waals surface area contributed by atoms with E-state index in [0.29, 0.717) is 11.7 Å². The van der Waals surface area contributed by atoms with Crippen LogP contribution in [0.2, 0.25) is 0 Å². The van der Waals surface area contributed by atoms with Gasteiger partial charge in [-0.15, -0.1) is 0 Å². The van der Waals surface area contributed by atoms with Gasteiger partial charge in [0.2, 0.25) is 5.91 Å². The fraction of sp³-hybridized carbons (Fsp3) is 0.500. The zero-order valence-electron chi connectivity index (χ0n) is 12.0. The van der Waals surface area contributed by atoms with E-state index in [1.807, 2.05) is 26.1 Å². The van der Waals surface area contributed by atoms with Crippen molar-refractivity contribution >= 4 is 29.0 Å². The van der Waals surface area contributed by atoms with Gasteiger partial charge in [-0.2, -0.15) is 11.8 Å². The van der Waals surface area contributed by atoms with Gasteiger partial charge in [0, 0.05) is 23.2 Å². The van der Waals surface area contributed by atoms with Crippen molar-refractivity contribution in [1.82, 2.24) is 4.90 Å². The Morgan fingerprint density at radius 3 is 2.47 bits per heavy atom. The van der Waals surface area contributed by atoms with Crippen LogP contribution in [0.4, 0.5) is 11.4 Å². The highest BCUT2D eigenvalue weighted by Crippen LogP contribution is 2.13. The Balaban J connectivity index is 2.59. The van der Waals surface area contributed by atoms with E-state index in [1.54, 1.807) is 23.9 Å². The van der Waals surface area contributed by atoms with Crippen LogP contribution in [0.1, 0.15) is 13.8 Å². The van der Waals surface area contributed by atoms with Gasteiger partial charge in [-0.25, -0.2) is 0 Å². The molecule has 0 fully saturated rings. The average molecular weight is 281 g/mol. The van der Waals surface area contributed by atoms with Crippen molar-refractivity contribution in [3.8, 4) is 0 Å². The number of hydrogen-bond acceptors (Lipinski definition) is 4. The van der Waals surface area contributed by atoms with Crippen LogP contribution in [0.5, 0.6) is 0 Å². The molecule has 106 valence electrons. The van der Waals surface area contributed by atoms with Gasteiger partial charge in [0.1, 0.15) is 0 Å². The summed E-state index contributed by atoms with van der Waals surface area (Å²) in [5, 5.41) is 2.90. The molecule has 1 aromatic rings. The van der Waals surface area contributed by atoms with Crippen LogP contribution in [-0.4, -0.2) is 41.9 Å². The van der Waals surface area contributed by atoms with Crippen LogP contribution in [0.25, 0.3) is 0 Å². The first-order valence-electron chi connectivity index (χ1n) is 6.33. The Morgan fingerprint density at radius 2 is 1.95 bits per heavy atom. The predicted molar refractivity (Wildman–Crippen MR) is 84.6 cm³/mol. The monoisotopic (exact) mass is 281 g/mol. The Bertz CT molecular complexity index is 408. The van der Waals surface area contributed by atoms with Gasteiger partial charge in [0.15, 0.2) is 0 Å². The van der Waals surface area contributed by atoms with Crippen molar-refractivity contribution < 1.29 is 4.79 Å². The first kappa shape index (κ1) is 15.9. The number of nitrogens with one attached hydrogen (secondary N) is 1. The molecule has 0 bridgehead atoms. The average Bonchev–Trinajstić information content (AvgIpc) is 2.39. The molecule has 19 heavy (non-hydrogen) atoms. The Labute approximate surface area is 119 Å². The summed E-state index contributed by atoms with van der Waals surface area (Å²) < 4.78 is 0. The summed E-state index contributed by atoms with van der Waals surface area (Å²) in [6.07, 6.45) is 2.07. The molecule has 1 amide bonds. The van der Waals surface area contributed by atoms with E-state index in [1.165, 1.54) is 0 Å². The van der Waals surface area contributed by atoms with Gasteiger partial charge in [0.25, 0.3) is 0 Å². The van der Waals surface area contributed by atoms with E-state index in [9.17, 15) is 4.79 Å². The Morgan fingerprint density at radius 1 is 1.37 bits per heavy atom. The second-order valence-electron chi connectivity index (χ2n) is 4.76. The lowest BCUT2D eigenvalue weighted by atomic mass is 10.2. The first-order valence-corrected chi connectivity index (χ1v) is 7.72. The molecule has 0 aliphatic heterocycles. The topological polar surface area (TPSA) is 58.4 Å². The summed E-state index contributed by atoms with van der Waals surface area (Å²) in [5.74, 6) is 1.01. The van der Waals surface area contributed by atoms with Gasteiger partial charge < -0.3 is 11.1 Å². The smallest absolute Gasteiger partial charge is 0.241 e. The lowest BCUT2D eigenvalue weighted by Gasteiger charge is -2.29. The number of amides is 1. The largest absolute Gasteiger partial charge is 0.399 e. The molecule has 0 spiro atoms. The molecule has 0 heterocycles. The predicted octanol–water partition coefficient (Wildman–Crippen LogP) is 2.28.